The van der Waals surface area contributed by atoms with E-state index in [4.69, 9.17) is 0 Å². The highest BCUT2D eigenvalue weighted by Crippen LogP contribution is 2.49. The van der Waals surface area contributed by atoms with Crippen LogP contribution in [0.5, 0.6) is 0 Å². The molecule has 0 N–H and O–H groups in total. The summed E-state index contributed by atoms with van der Waals surface area (Å²) < 4.78 is 0. The molecular weight excluding hydrogens is 238 g/mol. The minimum absolute atomic E-state index is 1.30. The lowest BCUT2D eigenvalue weighted by Crippen LogP contribution is -2.15. The van der Waals surface area contributed by atoms with Crippen molar-refractivity contribution < 1.29 is 0 Å². The number of hydrogen-bond acceptors (Lipinski definition) is 2. The van der Waals surface area contributed by atoms with Gasteiger partial charge in [-0.15, -0.1) is 0 Å². The third kappa shape index (κ3) is 1.56. The van der Waals surface area contributed by atoms with Crippen LogP contribution in [0.4, 0.5) is 11.4 Å². The Kier molecular flexibility index (Phi) is 2.63. The molecule has 2 aromatic carbocycles. The highest BCUT2D eigenvalue weighted by molar-refractivity contribution is 7.99. The third-order valence-corrected chi connectivity index (χ3v) is 5.17. The van der Waals surface area contributed by atoms with Gasteiger partial charge in [-0.05, 0) is 55.7 Å². The number of benzene rings is 2. The summed E-state index contributed by atoms with van der Waals surface area (Å²) in [7, 11) is 2.16. The number of hydrogen-bond donors (Lipinski definition) is 0. The van der Waals surface area contributed by atoms with Gasteiger partial charge in [-0.2, -0.15) is 0 Å². The molecule has 1 nitrogen and oxygen atoms in total. The number of rotatable bonds is 0. The zero-order valence-corrected chi connectivity index (χ0v) is 12.1. The Hall–Kier alpha value is -1.41. The molecule has 0 atom stereocenters. The smallest absolute Gasteiger partial charge is 0.0555 e. The van der Waals surface area contributed by atoms with Gasteiger partial charge in [0.2, 0.25) is 0 Å². The van der Waals surface area contributed by atoms with Gasteiger partial charge >= 0.3 is 0 Å². The SMILES string of the molecule is Cc1cc2c(c(C)c1C)Sc1ccccc1N2C. The Labute approximate surface area is 113 Å². The minimum atomic E-state index is 1.30. The molecule has 3 rings (SSSR count). The quantitative estimate of drug-likeness (QED) is 0.662. The summed E-state index contributed by atoms with van der Waals surface area (Å²) in [6.45, 7) is 6.64. The maximum absolute atomic E-state index is 2.31. The summed E-state index contributed by atoms with van der Waals surface area (Å²) in [6.07, 6.45) is 0. The van der Waals surface area contributed by atoms with Crippen molar-refractivity contribution in [2.24, 2.45) is 0 Å². The fraction of sp³-hybridized carbons (Fsp3) is 0.250. The molecule has 0 unspecified atom stereocenters. The number of nitrogens with zero attached hydrogens (tertiary/aromatic N) is 1. The maximum atomic E-state index is 2.31. The van der Waals surface area contributed by atoms with Crippen molar-refractivity contribution in [2.75, 3.05) is 11.9 Å². The molecule has 0 spiro atoms. The van der Waals surface area contributed by atoms with E-state index < -0.39 is 0 Å². The van der Waals surface area contributed by atoms with Crippen LogP contribution in [-0.4, -0.2) is 7.05 Å². The van der Waals surface area contributed by atoms with E-state index in [1.54, 1.807) is 0 Å². The van der Waals surface area contributed by atoms with Gasteiger partial charge in [-0.25, -0.2) is 0 Å². The van der Waals surface area contributed by atoms with E-state index in [1.807, 2.05) is 11.8 Å². The van der Waals surface area contributed by atoms with E-state index in [0.29, 0.717) is 0 Å². The molecule has 0 amide bonds. The van der Waals surface area contributed by atoms with Crippen LogP contribution < -0.4 is 4.90 Å². The Morgan fingerprint density at radius 2 is 1.67 bits per heavy atom. The van der Waals surface area contributed by atoms with Gasteiger partial charge in [-0.3, -0.25) is 0 Å². The Morgan fingerprint density at radius 3 is 2.44 bits per heavy atom. The highest BCUT2D eigenvalue weighted by atomic mass is 32.2. The van der Waals surface area contributed by atoms with Crippen LogP contribution in [0.3, 0.4) is 0 Å². The second-order valence-corrected chi connectivity index (χ2v) is 5.97. The van der Waals surface area contributed by atoms with Crippen LogP contribution in [0.1, 0.15) is 16.7 Å². The fourth-order valence-corrected chi connectivity index (χ4v) is 3.76. The molecule has 0 bridgehead atoms. The molecular formula is C16H17NS. The van der Waals surface area contributed by atoms with Gasteiger partial charge in [-0.1, -0.05) is 23.9 Å². The summed E-state index contributed by atoms with van der Waals surface area (Å²) >= 11 is 1.89. The van der Waals surface area contributed by atoms with E-state index in [-0.39, 0.29) is 0 Å². The largest absolute Gasteiger partial charge is 0.343 e. The standard InChI is InChI=1S/C16H17NS/c1-10-9-14-16(12(3)11(10)2)18-15-8-6-5-7-13(15)17(14)4/h5-9H,1-4H3. The average Bonchev–Trinajstić information content (AvgIpc) is 2.38. The summed E-state index contributed by atoms with van der Waals surface area (Å²) in [4.78, 5) is 5.05. The molecule has 0 aliphatic carbocycles. The Balaban J connectivity index is 2.25. The van der Waals surface area contributed by atoms with Gasteiger partial charge in [0, 0.05) is 16.8 Å². The van der Waals surface area contributed by atoms with E-state index >= 15 is 0 Å². The summed E-state index contributed by atoms with van der Waals surface area (Å²) in [5.41, 5.74) is 6.83. The monoisotopic (exact) mass is 255 g/mol. The van der Waals surface area contributed by atoms with Crippen molar-refractivity contribution in [3.8, 4) is 0 Å². The number of para-hydroxylation sites is 1. The molecule has 0 aromatic heterocycles. The molecule has 0 radical (unpaired) electrons. The van der Waals surface area contributed by atoms with Crippen LogP contribution in [0.25, 0.3) is 0 Å². The topological polar surface area (TPSA) is 3.24 Å². The maximum Gasteiger partial charge on any atom is 0.0555 e. The average molecular weight is 255 g/mol. The van der Waals surface area contributed by atoms with Crippen molar-refractivity contribution in [1.29, 1.82) is 0 Å². The van der Waals surface area contributed by atoms with E-state index in [0.717, 1.165) is 0 Å². The molecule has 18 heavy (non-hydrogen) atoms. The first-order chi connectivity index (χ1) is 8.59. The number of aryl methyl sites for hydroxylation is 1. The van der Waals surface area contributed by atoms with Gasteiger partial charge < -0.3 is 4.90 Å². The van der Waals surface area contributed by atoms with Gasteiger partial charge in [0.1, 0.15) is 0 Å². The van der Waals surface area contributed by atoms with Crippen LogP contribution in [0, 0.1) is 20.8 Å². The van der Waals surface area contributed by atoms with Crippen molar-refractivity contribution >= 4 is 23.1 Å². The first-order valence-electron chi connectivity index (χ1n) is 6.21. The van der Waals surface area contributed by atoms with Crippen molar-refractivity contribution in [1.82, 2.24) is 0 Å². The fourth-order valence-electron chi connectivity index (χ4n) is 2.48. The van der Waals surface area contributed by atoms with Crippen LogP contribution in [0.2, 0.25) is 0 Å². The third-order valence-electron chi connectivity index (χ3n) is 3.88. The van der Waals surface area contributed by atoms with Crippen molar-refractivity contribution in [3.63, 3.8) is 0 Å². The normalized spacial score (nSPS) is 13.2. The lowest BCUT2D eigenvalue weighted by atomic mass is 10.0. The van der Waals surface area contributed by atoms with Crippen LogP contribution in [-0.2, 0) is 0 Å². The molecule has 0 fully saturated rings. The van der Waals surface area contributed by atoms with Crippen molar-refractivity contribution in [3.05, 3.63) is 47.0 Å². The molecule has 0 saturated carbocycles. The van der Waals surface area contributed by atoms with Gasteiger partial charge in [0.25, 0.3) is 0 Å². The summed E-state index contributed by atoms with van der Waals surface area (Å²) in [5, 5.41) is 0. The van der Waals surface area contributed by atoms with Crippen molar-refractivity contribution in [2.45, 2.75) is 30.6 Å². The molecule has 92 valence electrons. The second kappa shape index (κ2) is 4.06. The first kappa shape index (κ1) is 11.7. The van der Waals surface area contributed by atoms with E-state index in [1.165, 1.54) is 37.9 Å². The molecule has 2 aromatic rings. The second-order valence-electron chi connectivity index (χ2n) is 4.92. The Morgan fingerprint density at radius 1 is 0.944 bits per heavy atom. The molecule has 2 heteroatoms. The van der Waals surface area contributed by atoms with Gasteiger partial charge in [0.05, 0.1) is 11.4 Å². The predicted molar refractivity (Wildman–Crippen MR) is 79.3 cm³/mol. The number of anilines is 2. The summed E-state index contributed by atoms with van der Waals surface area (Å²) in [6, 6.07) is 10.9. The van der Waals surface area contributed by atoms with E-state index in [9.17, 15) is 0 Å². The molecule has 0 saturated heterocycles. The van der Waals surface area contributed by atoms with E-state index in [2.05, 4.69) is 63.1 Å². The van der Waals surface area contributed by atoms with Gasteiger partial charge in [0.15, 0.2) is 0 Å². The highest BCUT2D eigenvalue weighted by Gasteiger charge is 2.23. The molecule has 1 aliphatic heterocycles. The number of fused-ring (bicyclic) bond motifs is 2. The molecule has 1 heterocycles. The summed E-state index contributed by atoms with van der Waals surface area (Å²) in [5.74, 6) is 0. The Bertz CT molecular complexity index is 631. The van der Waals surface area contributed by atoms with Crippen LogP contribution >= 0.6 is 11.8 Å². The zero-order chi connectivity index (χ0) is 12.9. The minimum Gasteiger partial charge on any atom is -0.343 e. The van der Waals surface area contributed by atoms with Crippen LogP contribution in [0.15, 0.2) is 40.1 Å². The molecule has 1 aliphatic rings. The lowest BCUT2D eigenvalue weighted by molar-refractivity contribution is 1.07. The lowest BCUT2D eigenvalue weighted by Gasteiger charge is -2.31. The predicted octanol–water partition coefficient (Wildman–Crippen LogP) is 4.84. The first-order valence-corrected chi connectivity index (χ1v) is 7.02. The zero-order valence-electron chi connectivity index (χ0n) is 11.2.